The molecule has 7 heteroatoms. The van der Waals surface area contributed by atoms with Gasteiger partial charge in [0.25, 0.3) is 0 Å². The first-order chi connectivity index (χ1) is 10.8. The van der Waals surface area contributed by atoms with Crippen molar-refractivity contribution in [2.75, 3.05) is 39.0 Å². The average molecular weight is 364 g/mol. The molecule has 1 saturated heterocycles. The number of nitrogens with two attached hydrogens (primary N) is 1. The van der Waals surface area contributed by atoms with Gasteiger partial charge in [-0.25, -0.2) is 8.42 Å². The van der Waals surface area contributed by atoms with Gasteiger partial charge in [0.05, 0.1) is 16.3 Å². The summed E-state index contributed by atoms with van der Waals surface area (Å²) in [7, 11) is -3.00. The van der Waals surface area contributed by atoms with Crippen molar-refractivity contribution in [2.24, 2.45) is 5.73 Å². The molecule has 2 unspecified atom stereocenters. The van der Waals surface area contributed by atoms with Crippen LogP contribution in [0.25, 0.3) is 0 Å². The molecule has 23 heavy (non-hydrogen) atoms. The fourth-order valence-corrected chi connectivity index (χ4v) is 4.96. The van der Waals surface area contributed by atoms with E-state index in [1.807, 2.05) is 0 Å². The third-order valence-electron chi connectivity index (χ3n) is 4.87. The number of halogens is 1. The Bertz CT molecular complexity index is 535. The molecular weight excluding hydrogens is 334 g/mol. The predicted molar refractivity (Wildman–Crippen MR) is 96.3 cm³/mol. The molecule has 0 radical (unpaired) electrons. The van der Waals surface area contributed by atoms with Crippen LogP contribution in [0, 0.1) is 0 Å². The molecule has 2 N–H and O–H groups in total. The summed E-state index contributed by atoms with van der Waals surface area (Å²) in [6.07, 6.45) is 6.92. The summed E-state index contributed by atoms with van der Waals surface area (Å²) in [5.74, 6) is 0. The zero-order valence-corrected chi connectivity index (χ0v) is 15.9. The van der Waals surface area contributed by atoms with Gasteiger partial charge in [-0.1, -0.05) is 37.8 Å². The van der Waals surface area contributed by atoms with Crippen molar-refractivity contribution >= 4 is 21.4 Å². The van der Waals surface area contributed by atoms with Crippen LogP contribution in [0.1, 0.15) is 39.0 Å². The smallest absolute Gasteiger partial charge is 0.152 e. The van der Waals surface area contributed by atoms with Crippen LogP contribution in [0.5, 0.6) is 0 Å². The van der Waals surface area contributed by atoms with E-state index in [1.54, 1.807) is 0 Å². The van der Waals surface area contributed by atoms with Crippen LogP contribution in [0.3, 0.4) is 0 Å². The van der Waals surface area contributed by atoms with Gasteiger partial charge in [-0.2, -0.15) is 0 Å². The van der Waals surface area contributed by atoms with Crippen molar-refractivity contribution in [3.05, 3.63) is 10.7 Å². The lowest BCUT2D eigenvalue weighted by molar-refractivity contribution is 0.241. The molecule has 0 amide bonds. The molecule has 0 aliphatic carbocycles. The van der Waals surface area contributed by atoms with Crippen LogP contribution in [-0.4, -0.2) is 68.5 Å². The number of rotatable bonds is 7. The Labute approximate surface area is 145 Å². The molecule has 0 aromatic carbocycles. The van der Waals surface area contributed by atoms with Gasteiger partial charge in [-0.3, -0.25) is 4.90 Å². The molecule has 2 heterocycles. The van der Waals surface area contributed by atoms with E-state index < -0.39 is 9.84 Å². The highest BCUT2D eigenvalue weighted by molar-refractivity contribution is 7.91. The van der Waals surface area contributed by atoms with Crippen LogP contribution >= 0.6 is 11.6 Å². The zero-order valence-electron chi connectivity index (χ0n) is 14.3. The van der Waals surface area contributed by atoms with E-state index in [2.05, 4.69) is 16.7 Å². The van der Waals surface area contributed by atoms with Gasteiger partial charge < -0.3 is 10.6 Å². The summed E-state index contributed by atoms with van der Waals surface area (Å²) < 4.78 is 23.5. The number of unbranched alkanes of at least 4 members (excludes halogenated alkanes) is 3. The third-order valence-corrected chi connectivity index (χ3v) is 6.77. The number of sulfone groups is 1. The normalized spacial score (nSPS) is 27.0. The number of nitrogens with zero attached hydrogens (tertiary/aromatic N) is 2. The van der Waals surface area contributed by atoms with E-state index in [9.17, 15) is 8.42 Å². The van der Waals surface area contributed by atoms with Gasteiger partial charge in [0.15, 0.2) is 9.84 Å². The Morgan fingerprint density at radius 2 is 2.00 bits per heavy atom. The molecule has 2 aliphatic rings. The highest BCUT2D eigenvalue weighted by Crippen LogP contribution is 2.28. The summed E-state index contributed by atoms with van der Waals surface area (Å²) in [5.41, 5.74) is 7.31. The van der Waals surface area contributed by atoms with Crippen molar-refractivity contribution in [1.82, 2.24) is 9.80 Å². The quantitative estimate of drug-likeness (QED) is 0.698. The van der Waals surface area contributed by atoms with E-state index >= 15 is 0 Å². The van der Waals surface area contributed by atoms with Gasteiger partial charge in [-0.15, -0.1) is 0 Å². The monoisotopic (exact) mass is 363 g/mol. The SMILES string of the molecule is CCCCCCN1CC(Cl)=C(N2CCC(S(C)(=O)=O)C2)C(N)C1. The Morgan fingerprint density at radius 3 is 2.57 bits per heavy atom. The minimum Gasteiger partial charge on any atom is -0.371 e. The lowest BCUT2D eigenvalue weighted by Crippen LogP contribution is -2.48. The second-order valence-electron chi connectivity index (χ2n) is 6.88. The first-order valence-electron chi connectivity index (χ1n) is 8.63. The molecule has 0 spiro atoms. The number of hydrogen-bond acceptors (Lipinski definition) is 5. The Kier molecular flexibility index (Phi) is 6.77. The lowest BCUT2D eigenvalue weighted by Gasteiger charge is -2.37. The molecule has 134 valence electrons. The van der Waals surface area contributed by atoms with Crippen molar-refractivity contribution in [1.29, 1.82) is 0 Å². The second kappa shape index (κ2) is 8.19. The van der Waals surface area contributed by atoms with Gasteiger partial charge in [0, 0.05) is 38.1 Å². The van der Waals surface area contributed by atoms with Gasteiger partial charge in [-0.05, 0) is 19.4 Å². The molecule has 0 aromatic heterocycles. The maximum atomic E-state index is 11.7. The largest absolute Gasteiger partial charge is 0.371 e. The van der Waals surface area contributed by atoms with Crippen molar-refractivity contribution in [3.8, 4) is 0 Å². The second-order valence-corrected chi connectivity index (χ2v) is 9.66. The topological polar surface area (TPSA) is 66.6 Å². The lowest BCUT2D eigenvalue weighted by atomic mass is 10.1. The maximum absolute atomic E-state index is 11.7. The molecule has 0 aromatic rings. The van der Waals surface area contributed by atoms with Gasteiger partial charge in [0.1, 0.15) is 0 Å². The van der Waals surface area contributed by atoms with Gasteiger partial charge in [0.2, 0.25) is 0 Å². The highest BCUT2D eigenvalue weighted by atomic mass is 35.5. The first kappa shape index (κ1) is 19.0. The van der Waals surface area contributed by atoms with Crippen LogP contribution < -0.4 is 5.73 Å². The van der Waals surface area contributed by atoms with E-state index in [0.717, 1.165) is 36.9 Å². The molecule has 0 bridgehead atoms. The molecule has 2 aliphatic heterocycles. The maximum Gasteiger partial charge on any atom is 0.152 e. The van der Waals surface area contributed by atoms with E-state index in [1.165, 1.54) is 31.9 Å². The predicted octanol–water partition coefficient (Wildman–Crippen LogP) is 1.78. The van der Waals surface area contributed by atoms with Crippen LogP contribution in [0.2, 0.25) is 0 Å². The Morgan fingerprint density at radius 1 is 1.26 bits per heavy atom. The zero-order chi connectivity index (χ0) is 17.0. The minimum atomic E-state index is -3.00. The van der Waals surface area contributed by atoms with Crippen molar-refractivity contribution < 1.29 is 8.42 Å². The first-order valence-corrected chi connectivity index (χ1v) is 11.0. The van der Waals surface area contributed by atoms with E-state index in [-0.39, 0.29) is 11.3 Å². The van der Waals surface area contributed by atoms with Crippen molar-refractivity contribution in [2.45, 2.75) is 50.3 Å². The Hall–Kier alpha value is -0.300. The summed E-state index contributed by atoms with van der Waals surface area (Å²) in [4.78, 5) is 4.41. The van der Waals surface area contributed by atoms with E-state index in [0.29, 0.717) is 13.0 Å². The summed E-state index contributed by atoms with van der Waals surface area (Å²) in [5, 5.41) is 0.493. The number of likely N-dealkylation sites (tertiary alicyclic amines) is 1. The van der Waals surface area contributed by atoms with Crippen LogP contribution in [-0.2, 0) is 9.84 Å². The summed E-state index contributed by atoms with van der Waals surface area (Å²) in [6.45, 7) is 6.03. The number of hydrogen-bond donors (Lipinski definition) is 1. The standard InChI is InChI=1S/C16H30ClN3O2S/c1-3-4-5-6-8-19-11-14(17)16(15(18)12-19)20-9-7-13(10-20)23(2,21)22/h13,15H,3-12,18H2,1-2H3. The molecule has 5 nitrogen and oxygen atoms in total. The molecular formula is C16H30ClN3O2S. The molecule has 2 atom stereocenters. The summed E-state index contributed by atoms with van der Waals surface area (Å²) >= 11 is 6.52. The fraction of sp³-hybridized carbons (Fsp3) is 0.875. The van der Waals surface area contributed by atoms with E-state index in [4.69, 9.17) is 17.3 Å². The summed E-state index contributed by atoms with van der Waals surface area (Å²) in [6, 6.07) is -0.124. The third kappa shape index (κ3) is 5.08. The molecule has 0 saturated carbocycles. The minimum absolute atomic E-state index is 0.124. The Balaban J connectivity index is 1.95. The average Bonchev–Trinajstić information content (AvgIpc) is 2.92. The van der Waals surface area contributed by atoms with Crippen molar-refractivity contribution in [3.63, 3.8) is 0 Å². The van der Waals surface area contributed by atoms with Crippen LogP contribution in [0.15, 0.2) is 10.7 Å². The van der Waals surface area contributed by atoms with Crippen LogP contribution in [0.4, 0.5) is 0 Å². The highest BCUT2D eigenvalue weighted by Gasteiger charge is 2.35. The fourth-order valence-electron chi connectivity index (χ4n) is 3.54. The van der Waals surface area contributed by atoms with Gasteiger partial charge >= 0.3 is 0 Å². The molecule has 2 rings (SSSR count). The molecule has 1 fully saturated rings.